The molecule has 0 aliphatic carbocycles. The summed E-state index contributed by atoms with van der Waals surface area (Å²) in [5, 5.41) is 2.77. The highest BCUT2D eigenvalue weighted by Crippen LogP contribution is 2.10. The number of hydrogen-bond acceptors (Lipinski definition) is 3. The van der Waals surface area contributed by atoms with Crippen molar-refractivity contribution in [3.05, 3.63) is 29.8 Å². The molecule has 0 bridgehead atoms. The van der Waals surface area contributed by atoms with Gasteiger partial charge in [-0.3, -0.25) is 4.79 Å². The van der Waals surface area contributed by atoms with Crippen molar-refractivity contribution >= 4 is 5.91 Å². The van der Waals surface area contributed by atoms with Crippen LogP contribution in [-0.4, -0.2) is 32.8 Å². The zero-order valence-electron chi connectivity index (χ0n) is 9.66. The molecular formula is C12H17NO3. The van der Waals surface area contributed by atoms with Gasteiger partial charge in [-0.1, -0.05) is 0 Å². The first kappa shape index (κ1) is 12.5. The molecule has 0 unspecified atom stereocenters. The van der Waals surface area contributed by atoms with Crippen molar-refractivity contribution in [3.8, 4) is 5.75 Å². The van der Waals surface area contributed by atoms with Crippen LogP contribution >= 0.6 is 0 Å². The number of benzene rings is 1. The van der Waals surface area contributed by atoms with Crippen molar-refractivity contribution in [2.24, 2.45) is 0 Å². The van der Waals surface area contributed by atoms with E-state index in [2.05, 4.69) is 5.32 Å². The van der Waals surface area contributed by atoms with Crippen LogP contribution in [0.5, 0.6) is 5.75 Å². The van der Waals surface area contributed by atoms with E-state index in [0.717, 1.165) is 5.75 Å². The van der Waals surface area contributed by atoms with Crippen LogP contribution < -0.4 is 10.1 Å². The number of rotatable bonds is 6. The number of carbonyl (C=O) groups excluding carboxylic acids is 1. The van der Waals surface area contributed by atoms with E-state index < -0.39 is 0 Å². The van der Waals surface area contributed by atoms with Gasteiger partial charge in [0, 0.05) is 18.7 Å². The van der Waals surface area contributed by atoms with Crippen LogP contribution in [0.15, 0.2) is 24.3 Å². The summed E-state index contributed by atoms with van der Waals surface area (Å²) < 4.78 is 10.1. The second-order valence-corrected chi connectivity index (χ2v) is 3.18. The highest BCUT2D eigenvalue weighted by Gasteiger charge is 2.04. The molecule has 0 aromatic heterocycles. The summed E-state index contributed by atoms with van der Waals surface area (Å²) in [6.07, 6.45) is 0. The Balaban J connectivity index is 2.40. The van der Waals surface area contributed by atoms with E-state index >= 15 is 0 Å². The third-order valence-corrected chi connectivity index (χ3v) is 2.09. The summed E-state index contributed by atoms with van der Waals surface area (Å²) in [6, 6.07) is 6.98. The predicted molar refractivity (Wildman–Crippen MR) is 61.8 cm³/mol. The second-order valence-electron chi connectivity index (χ2n) is 3.18. The van der Waals surface area contributed by atoms with Gasteiger partial charge in [-0.25, -0.2) is 0 Å². The molecule has 0 aliphatic rings. The van der Waals surface area contributed by atoms with Gasteiger partial charge in [0.15, 0.2) is 0 Å². The molecule has 0 heterocycles. The Hall–Kier alpha value is -1.55. The van der Waals surface area contributed by atoms with Crippen molar-refractivity contribution in [3.63, 3.8) is 0 Å². The zero-order valence-corrected chi connectivity index (χ0v) is 9.66. The fourth-order valence-electron chi connectivity index (χ4n) is 1.23. The lowest BCUT2D eigenvalue weighted by molar-refractivity contribution is 0.0922. The van der Waals surface area contributed by atoms with E-state index in [9.17, 15) is 4.79 Å². The summed E-state index contributed by atoms with van der Waals surface area (Å²) in [5.41, 5.74) is 0.622. The number of amides is 1. The molecule has 0 aliphatic heterocycles. The van der Waals surface area contributed by atoms with E-state index in [1.54, 1.807) is 31.4 Å². The van der Waals surface area contributed by atoms with Crippen LogP contribution in [0.3, 0.4) is 0 Å². The molecule has 1 amide bonds. The Kier molecular flexibility index (Phi) is 5.36. The molecule has 1 aromatic rings. The van der Waals surface area contributed by atoms with Crippen molar-refractivity contribution in [1.82, 2.24) is 5.32 Å². The molecule has 0 spiro atoms. The normalized spacial score (nSPS) is 9.88. The molecular weight excluding hydrogens is 206 g/mol. The van der Waals surface area contributed by atoms with Gasteiger partial charge in [-0.2, -0.15) is 0 Å². The molecule has 0 saturated carbocycles. The monoisotopic (exact) mass is 223 g/mol. The summed E-state index contributed by atoms with van der Waals surface area (Å²) in [5.74, 6) is 0.647. The van der Waals surface area contributed by atoms with Gasteiger partial charge in [0.2, 0.25) is 0 Å². The Bertz CT molecular complexity index is 322. The summed E-state index contributed by atoms with van der Waals surface area (Å²) in [6.45, 7) is 3.65. The van der Waals surface area contributed by atoms with Gasteiger partial charge in [0.25, 0.3) is 5.91 Å². The fraction of sp³-hybridized carbons (Fsp3) is 0.417. The van der Waals surface area contributed by atoms with Crippen molar-refractivity contribution in [2.75, 3.05) is 26.9 Å². The lowest BCUT2D eigenvalue weighted by atomic mass is 10.2. The van der Waals surface area contributed by atoms with Gasteiger partial charge in [-0.05, 0) is 31.2 Å². The largest absolute Gasteiger partial charge is 0.497 e. The van der Waals surface area contributed by atoms with Crippen LogP contribution in [0.2, 0.25) is 0 Å². The van der Waals surface area contributed by atoms with Crippen molar-refractivity contribution in [1.29, 1.82) is 0 Å². The molecule has 0 atom stereocenters. The maximum absolute atomic E-state index is 11.6. The molecule has 1 aromatic carbocycles. The SMILES string of the molecule is CCOCCNC(=O)c1ccc(OC)cc1. The van der Waals surface area contributed by atoms with Gasteiger partial charge >= 0.3 is 0 Å². The smallest absolute Gasteiger partial charge is 0.251 e. The van der Waals surface area contributed by atoms with Crippen LogP contribution in [-0.2, 0) is 4.74 Å². The summed E-state index contributed by atoms with van der Waals surface area (Å²) >= 11 is 0. The van der Waals surface area contributed by atoms with Crippen LogP contribution in [0.1, 0.15) is 17.3 Å². The molecule has 0 fully saturated rings. The van der Waals surface area contributed by atoms with Crippen LogP contribution in [0.4, 0.5) is 0 Å². The van der Waals surface area contributed by atoms with E-state index in [1.807, 2.05) is 6.92 Å². The summed E-state index contributed by atoms with van der Waals surface area (Å²) in [7, 11) is 1.59. The lowest BCUT2D eigenvalue weighted by Gasteiger charge is -2.05. The molecule has 0 saturated heterocycles. The minimum absolute atomic E-state index is 0.0950. The second kappa shape index (κ2) is 6.85. The Morgan fingerprint density at radius 3 is 2.56 bits per heavy atom. The average molecular weight is 223 g/mol. The van der Waals surface area contributed by atoms with Crippen LogP contribution in [0.25, 0.3) is 0 Å². The first-order valence-electron chi connectivity index (χ1n) is 5.28. The van der Waals surface area contributed by atoms with E-state index in [-0.39, 0.29) is 5.91 Å². The first-order valence-corrected chi connectivity index (χ1v) is 5.28. The number of hydrogen-bond donors (Lipinski definition) is 1. The number of methoxy groups -OCH3 is 1. The van der Waals surface area contributed by atoms with E-state index in [0.29, 0.717) is 25.3 Å². The maximum Gasteiger partial charge on any atom is 0.251 e. The third kappa shape index (κ3) is 3.90. The van der Waals surface area contributed by atoms with E-state index in [4.69, 9.17) is 9.47 Å². The number of nitrogens with one attached hydrogen (secondary N) is 1. The average Bonchev–Trinajstić information content (AvgIpc) is 2.34. The Morgan fingerprint density at radius 1 is 1.31 bits per heavy atom. The van der Waals surface area contributed by atoms with Gasteiger partial charge in [-0.15, -0.1) is 0 Å². The zero-order chi connectivity index (χ0) is 11.8. The fourth-order valence-corrected chi connectivity index (χ4v) is 1.23. The van der Waals surface area contributed by atoms with Gasteiger partial charge < -0.3 is 14.8 Å². The standard InChI is InChI=1S/C12H17NO3/c1-3-16-9-8-13-12(14)10-4-6-11(15-2)7-5-10/h4-7H,3,8-9H2,1-2H3,(H,13,14). The molecule has 16 heavy (non-hydrogen) atoms. The molecule has 1 N–H and O–H groups in total. The molecule has 4 heteroatoms. The molecule has 4 nitrogen and oxygen atoms in total. The minimum atomic E-state index is -0.0950. The highest BCUT2D eigenvalue weighted by molar-refractivity contribution is 5.94. The van der Waals surface area contributed by atoms with Gasteiger partial charge in [0.1, 0.15) is 5.75 Å². The highest BCUT2D eigenvalue weighted by atomic mass is 16.5. The maximum atomic E-state index is 11.6. The number of carbonyl (C=O) groups is 1. The van der Waals surface area contributed by atoms with Crippen LogP contribution in [0, 0.1) is 0 Å². The third-order valence-electron chi connectivity index (χ3n) is 2.09. The first-order chi connectivity index (χ1) is 7.77. The summed E-state index contributed by atoms with van der Waals surface area (Å²) in [4.78, 5) is 11.6. The molecule has 88 valence electrons. The Morgan fingerprint density at radius 2 is 2.00 bits per heavy atom. The Labute approximate surface area is 95.6 Å². The number of ether oxygens (including phenoxy) is 2. The lowest BCUT2D eigenvalue weighted by Crippen LogP contribution is -2.27. The molecule has 0 radical (unpaired) electrons. The topological polar surface area (TPSA) is 47.6 Å². The quantitative estimate of drug-likeness (QED) is 0.743. The van der Waals surface area contributed by atoms with Crippen molar-refractivity contribution in [2.45, 2.75) is 6.92 Å². The van der Waals surface area contributed by atoms with Gasteiger partial charge in [0.05, 0.1) is 13.7 Å². The van der Waals surface area contributed by atoms with Crippen molar-refractivity contribution < 1.29 is 14.3 Å². The van der Waals surface area contributed by atoms with E-state index in [1.165, 1.54) is 0 Å². The molecule has 1 rings (SSSR count). The predicted octanol–water partition coefficient (Wildman–Crippen LogP) is 1.46. The minimum Gasteiger partial charge on any atom is -0.497 e.